The maximum atomic E-state index is 12.2. The fourth-order valence-corrected chi connectivity index (χ4v) is 1.51. The molecule has 0 aromatic heterocycles. The standard InChI is InChI=1S/C11H16FNO3/c1-15-7-5-9(14)11(8(13)3-4-12)10(6-7)16-2/h5-6,8,14H,3-4,13H2,1-2H3/t8-/m0/s1. The van der Waals surface area contributed by atoms with Crippen LogP contribution in [0.3, 0.4) is 0 Å². The SMILES string of the molecule is COc1cc(O)c([C@@H](N)CCF)c(OC)c1. The first-order valence-electron chi connectivity index (χ1n) is 4.90. The molecule has 0 amide bonds. The van der Waals surface area contributed by atoms with Crippen molar-refractivity contribution in [1.29, 1.82) is 0 Å². The summed E-state index contributed by atoms with van der Waals surface area (Å²) < 4.78 is 22.3. The lowest BCUT2D eigenvalue weighted by Crippen LogP contribution is -2.12. The maximum absolute atomic E-state index is 12.2. The Morgan fingerprint density at radius 3 is 2.56 bits per heavy atom. The molecule has 0 bridgehead atoms. The van der Waals surface area contributed by atoms with Crippen LogP contribution in [0.5, 0.6) is 17.2 Å². The Kier molecular flexibility index (Phi) is 4.37. The molecule has 0 aliphatic heterocycles. The van der Waals surface area contributed by atoms with Gasteiger partial charge in [0.05, 0.1) is 26.5 Å². The van der Waals surface area contributed by atoms with E-state index in [0.29, 0.717) is 17.1 Å². The molecule has 0 unspecified atom stereocenters. The van der Waals surface area contributed by atoms with Gasteiger partial charge in [0.25, 0.3) is 0 Å². The number of ether oxygens (including phenoxy) is 2. The minimum atomic E-state index is -0.592. The van der Waals surface area contributed by atoms with E-state index in [4.69, 9.17) is 15.2 Å². The average Bonchev–Trinajstić information content (AvgIpc) is 2.27. The van der Waals surface area contributed by atoms with Gasteiger partial charge in [-0.3, -0.25) is 4.39 Å². The van der Waals surface area contributed by atoms with Crippen molar-refractivity contribution >= 4 is 0 Å². The van der Waals surface area contributed by atoms with E-state index in [2.05, 4.69) is 0 Å². The van der Waals surface area contributed by atoms with Crippen molar-refractivity contribution in [3.63, 3.8) is 0 Å². The third-order valence-corrected chi connectivity index (χ3v) is 2.34. The first-order valence-corrected chi connectivity index (χ1v) is 4.90. The summed E-state index contributed by atoms with van der Waals surface area (Å²) in [7, 11) is 2.94. The molecule has 0 heterocycles. The lowest BCUT2D eigenvalue weighted by atomic mass is 10.0. The number of nitrogens with two attached hydrogens (primary N) is 1. The number of aromatic hydroxyl groups is 1. The quantitative estimate of drug-likeness (QED) is 0.807. The van der Waals surface area contributed by atoms with Gasteiger partial charge in [0.2, 0.25) is 0 Å². The van der Waals surface area contributed by atoms with Crippen LogP contribution in [0.25, 0.3) is 0 Å². The summed E-state index contributed by atoms with van der Waals surface area (Å²) in [4.78, 5) is 0. The predicted molar refractivity (Wildman–Crippen MR) is 58.7 cm³/mol. The van der Waals surface area contributed by atoms with Crippen LogP contribution in [0.4, 0.5) is 4.39 Å². The van der Waals surface area contributed by atoms with Crippen LogP contribution in [-0.4, -0.2) is 26.0 Å². The Morgan fingerprint density at radius 1 is 1.38 bits per heavy atom. The molecule has 0 aliphatic rings. The third-order valence-electron chi connectivity index (χ3n) is 2.34. The van der Waals surface area contributed by atoms with Crippen molar-refractivity contribution in [3.05, 3.63) is 17.7 Å². The minimum absolute atomic E-state index is 0.0443. The molecule has 1 rings (SSSR count). The zero-order chi connectivity index (χ0) is 12.1. The second kappa shape index (κ2) is 5.55. The monoisotopic (exact) mass is 229 g/mol. The number of alkyl halides is 1. The van der Waals surface area contributed by atoms with E-state index < -0.39 is 12.7 Å². The molecule has 90 valence electrons. The van der Waals surface area contributed by atoms with Crippen molar-refractivity contribution < 1.29 is 19.0 Å². The van der Waals surface area contributed by atoms with Gasteiger partial charge < -0.3 is 20.3 Å². The first-order chi connectivity index (χ1) is 7.63. The van der Waals surface area contributed by atoms with Crippen molar-refractivity contribution in [2.45, 2.75) is 12.5 Å². The Morgan fingerprint density at radius 2 is 2.06 bits per heavy atom. The van der Waals surface area contributed by atoms with Gasteiger partial charge >= 0.3 is 0 Å². The van der Waals surface area contributed by atoms with Gasteiger partial charge in [0.1, 0.15) is 17.2 Å². The van der Waals surface area contributed by atoms with Gasteiger partial charge in [0, 0.05) is 18.2 Å². The van der Waals surface area contributed by atoms with Crippen molar-refractivity contribution in [1.82, 2.24) is 0 Å². The maximum Gasteiger partial charge on any atom is 0.131 e. The molecule has 0 fully saturated rings. The number of halogens is 1. The predicted octanol–water partition coefficient (Wildman–Crippen LogP) is 1.77. The number of phenolic OH excluding ortho intramolecular Hbond substituents is 1. The van der Waals surface area contributed by atoms with E-state index in [1.807, 2.05) is 0 Å². The fraction of sp³-hybridized carbons (Fsp3) is 0.455. The van der Waals surface area contributed by atoms with E-state index in [1.165, 1.54) is 20.3 Å². The molecule has 3 N–H and O–H groups in total. The Labute approximate surface area is 93.8 Å². The first kappa shape index (κ1) is 12.6. The summed E-state index contributed by atoms with van der Waals surface area (Å²) in [6.45, 7) is -0.546. The molecule has 0 aliphatic carbocycles. The van der Waals surface area contributed by atoms with E-state index in [0.717, 1.165) is 0 Å². The minimum Gasteiger partial charge on any atom is -0.507 e. The fourth-order valence-electron chi connectivity index (χ4n) is 1.51. The normalized spacial score (nSPS) is 12.2. The Bertz CT molecular complexity index is 357. The van der Waals surface area contributed by atoms with Crippen LogP contribution in [0, 0.1) is 0 Å². The number of methoxy groups -OCH3 is 2. The molecule has 1 atom stereocenters. The highest BCUT2D eigenvalue weighted by molar-refractivity contribution is 5.51. The van der Waals surface area contributed by atoms with Crippen LogP contribution in [0.15, 0.2) is 12.1 Å². The van der Waals surface area contributed by atoms with Gasteiger partial charge in [-0.05, 0) is 6.42 Å². The number of hydrogen-bond acceptors (Lipinski definition) is 4. The highest BCUT2D eigenvalue weighted by Crippen LogP contribution is 2.37. The molecular formula is C11H16FNO3. The summed E-state index contributed by atoms with van der Waals surface area (Å²) in [5, 5.41) is 9.77. The van der Waals surface area contributed by atoms with Crippen LogP contribution in [0.2, 0.25) is 0 Å². The van der Waals surface area contributed by atoms with Gasteiger partial charge in [-0.15, -0.1) is 0 Å². The van der Waals surface area contributed by atoms with Crippen LogP contribution in [-0.2, 0) is 0 Å². The second-order valence-corrected chi connectivity index (χ2v) is 3.35. The van der Waals surface area contributed by atoms with Crippen molar-refractivity contribution in [2.75, 3.05) is 20.9 Å². The van der Waals surface area contributed by atoms with Crippen molar-refractivity contribution in [2.24, 2.45) is 5.73 Å². The second-order valence-electron chi connectivity index (χ2n) is 3.35. The number of benzene rings is 1. The molecule has 0 saturated heterocycles. The van der Waals surface area contributed by atoms with Gasteiger partial charge in [-0.1, -0.05) is 0 Å². The van der Waals surface area contributed by atoms with E-state index in [1.54, 1.807) is 6.07 Å². The molecule has 1 aromatic carbocycles. The zero-order valence-corrected chi connectivity index (χ0v) is 9.37. The molecule has 0 radical (unpaired) electrons. The lowest BCUT2D eigenvalue weighted by molar-refractivity contribution is 0.368. The molecule has 4 nitrogen and oxygen atoms in total. The zero-order valence-electron chi connectivity index (χ0n) is 9.37. The topological polar surface area (TPSA) is 64.7 Å². The highest BCUT2D eigenvalue weighted by Gasteiger charge is 2.18. The number of hydrogen-bond donors (Lipinski definition) is 2. The van der Waals surface area contributed by atoms with Gasteiger partial charge in [-0.25, -0.2) is 0 Å². The van der Waals surface area contributed by atoms with Crippen LogP contribution >= 0.6 is 0 Å². The molecule has 16 heavy (non-hydrogen) atoms. The summed E-state index contributed by atoms with van der Waals surface area (Å²) in [6, 6.07) is 2.44. The van der Waals surface area contributed by atoms with Crippen LogP contribution < -0.4 is 15.2 Å². The molecule has 0 spiro atoms. The summed E-state index contributed by atoms with van der Waals surface area (Å²) in [5.74, 6) is 0.820. The van der Waals surface area contributed by atoms with Crippen molar-refractivity contribution in [3.8, 4) is 17.2 Å². The highest BCUT2D eigenvalue weighted by atomic mass is 19.1. The number of rotatable bonds is 5. The molecule has 1 aromatic rings. The van der Waals surface area contributed by atoms with Gasteiger partial charge in [-0.2, -0.15) is 0 Å². The smallest absolute Gasteiger partial charge is 0.131 e. The molecule has 5 heteroatoms. The Balaban J connectivity index is 3.15. The summed E-state index contributed by atoms with van der Waals surface area (Å²) in [6.07, 6.45) is 0.135. The summed E-state index contributed by atoms with van der Waals surface area (Å²) >= 11 is 0. The lowest BCUT2D eigenvalue weighted by Gasteiger charge is -2.17. The molecule has 0 saturated carbocycles. The van der Waals surface area contributed by atoms with E-state index >= 15 is 0 Å². The van der Waals surface area contributed by atoms with E-state index in [-0.39, 0.29) is 12.2 Å². The van der Waals surface area contributed by atoms with Gasteiger partial charge in [0.15, 0.2) is 0 Å². The third kappa shape index (κ3) is 2.55. The molecular weight excluding hydrogens is 213 g/mol. The Hall–Kier alpha value is -1.49. The summed E-state index contributed by atoms with van der Waals surface area (Å²) in [5.41, 5.74) is 6.16. The number of phenols is 1. The van der Waals surface area contributed by atoms with E-state index in [9.17, 15) is 9.50 Å². The van der Waals surface area contributed by atoms with Crippen LogP contribution in [0.1, 0.15) is 18.0 Å². The average molecular weight is 229 g/mol. The largest absolute Gasteiger partial charge is 0.507 e.